The topological polar surface area (TPSA) is 72.2 Å². The van der Waals surface area contributed by atoms with E-state index in [2.05, 4.69) is 20.7 Å². The van der Waals surface area contributed by atoms with E-state index in [1.807, 2.05) is 0 Å². The number of sulfonamides is 1. The van der Waals surface area contributed by atoms with Crippen LogP contribution >= 0.6 is 27.5 Å². The number of nitrogens with two attached hydrogens (primary N) is 1. The van der Waals surface area contributed by atoms with Crippen molar-refractivity contribution in [1.82, 2.24) is 0 Å². The van der Waals surface area contributed by atoms with Gasteiger partial charge >= 0.3 is 0 Å². The lowest BCUT2D eigenvalue weighted by Crippen LogP contribution is -2.14. The van der Waals surface area contributed by atoms with Crippen LogP contribution in [0.25, 0.3) is 0 Å². The Kier molecular flexibility index (Phi) is 4.46. The number of rotatable bonds is 3. The summed E-state index contributed by atoms with van der Waals surface area (Å²) in [5.74, 6) is -0.553. The Labute approximate surface area is 135 Å². The summed E-state index contributed by atoms with van der Waals surface area (Å²) >= 11 is 9.07. The van der Waals surface area contributed by atoms with Crippen LogP contribution in [0.2, 0.25) is 5.02 Å². The van der Waals surface area contributed by atoms with Crippen LogP contribution in [0.5, 0.6) is 0 Å². The first-order chi connectivity index (χ1) is 9.70. The highest BCUT2D eigenvalue weighted by molar-refractivity contribution is 9.10. The Bertz CT molecular complexity index is 789. The van der Waals surface area contributed by atoms with Gasteiger partial charge in [0.15, 0.2) is 0 Å². The van der Waals surface area contributed by atoms with E-state index in [4.69, 9.17) is 17.3 Å². The number of nitrogen functional groups attached to an aromatic ring is 1. The van der Waals surface area contributed by atoms with E-state index in [1.54, 1.807) is 6.92 Å². The fraction of sp³-hybridized carbons (Fsp3) is 0.0769. The van der Waals surface area contributed by atoms with Gasteiger partial charge in [0.1, 0.15) is 5.82 Å². The predicted octanol–water partition coefficient (Wildman–Crippen LogP) is 3.93. The minimum absolute atomic E-state index is 0.0435. The summed E-state index contributed by atoms with van der Waals surface area (Å²) in [4.78, 5) is -0.0435. The van der Waals surface area contributed by atoms with Gasteiger partial charge in [0, 0.05) is 4.47 Å². The van der Waals surface area contributed by atoms with Crippen molar-refractivity contribution in [1.29, 1.82) is 0 Å². The molecule has 112 valence electrons. The largest absolute Gasteiger partial charge is 0.397 e. The highest BCUT2D eigenvalue weighted by Gasteiger charge is 2.18. The smallest absolute Gasteiger partial charge is 0.262 e. The number of anilines is 2. The lowest BCUT2D eigenvalue weighted by molar-refractivity contribution is 0.601. The molecule has 4 nitrogen and oxygen atoms in total. The summed E-state index contributed by atoms with van der Waals surface area (Å²) in [5, 5.41) is 0.306. The Morgan fingerprint density at radius 1 is 1.29 bits per heavy atom. The van der Waals surface area contributed by atoms with Gasteiger partial charge in [-0.15, -0.1) is 0 Å². The van der Waals surface area contributed by atoms with E-state index in [0.717, 1.165) is 6.07 Å². The zero-order valence-corrected chi connectivity index (χ0v) is 14.0. The zero-order chi connectivity index (χ0) is 15.8. The molecule has 0 aromatic heterocycles. The van der Waals surface area contributed by atoms with E-state index in [9.17, 15) is 12.8 Å². The maximum atomic E-state index is 13.2. The molecule has 0 saturated carbocycles. The average molecular weight is 394 g/mol. The second kappa shape index (κ2) is 5.82. The normalized spacial score (nSPS) is 11.4. The zero-order valence-electron chi connectivity index (χ0n) is 10.8. The van der Waals surface area contributed by atoms with Crippen molar-refractivity contribution in [2.45, 2.75) is 11.8 Å². The molecule has 21 heavy (non-hydrogen) atoms. The molecule has 0 saturated heterocycles. The fourth-order valence-electron chi connectivity index (χ4n) is 1.70. The molecule has 0 aliphatic rings. The summed E-state index contributed by atoms with van der Waals surface area (Å²) in [7, 11) is -3.90. The van der Waals surface area contributed by atoms with Gasteiger partial charge < -0.3 is 5.73 Å². The molecule has 0 aliphatic carbocycles. The Hall–Kier alpha value is -1.31. The van der Waals surface area contributed by atoms with Gasteiger partial charge in [-0.05, 0) is 58.7 Å². The van der Waals surface area contributed by atoms with Crippen molar-refractivity contribution in [2.75, 3.05) is 10.5 Å². The van der Waals surface area contributed by atoms with Crippen molar-refractivity contribution in [3.8, 4) is 0 Å². The lowest BCUT2D eigenvalue weighted by Gasteiger charge is -2.12. The number of nitrogens with one attached hydrogen (secondary N) is 1. The molecule has 0 amide bonds. The van der Waals surface area contributed by atoms with Gasteiger partial charge in [-0.3, -0.25) is 4.72 Å². The summed E-state index contributed by atoms with van der Waals surface area (Å²) in [6.45, 7) is 1.65. The average Bonchev–Trinajstić information content (AvgIpc) is 2.39. The van der Waals surface area contributed by atoms with Crippen molar-refractivity contribution in [3.05, 3.63) is 51.2 Å². The third-order valence-corrected chi connectivity index (χ3v) is 5.29. The highest BCUT2D eigenvalue weighted by Crippen LogP contribution is 2.30. The number of hydrogen-bond acceptors (Lipinski definition) is 3. The maximum Gasteiger partial charge on any atom is 0.262 e. The first-order valence-corrected chi connectivity index (χ1v) is 8.39. The third-order valence-electron chi connectivity index (χ3n) is 2.74. The van der Waals surface area contributed by atoms with Gasteiger partial charge in [-0.1, -0.05) is 11.6 Å². The summed E-state index contributed by atoms with van der Waals surface area (Å²) in [6, 6.07) is 6.35. The molecule has 0 atom stereocenters. The highest BCUT2D eigenvalue weighted by atomic mass is 79.9. The van der Waals surface area contributed by atoms with Crippen LogP contribution in [0, 0.1) is 12.7 Å². The fourth-order valence-corrected chi connectivity index (χ4v) is 3.47. The van der Waals surface area contributed by atoms with Crippen LogP contribution < -0.4 is 10.5 Å². The monoisotopic (exact) mass is 392 g/mol. The molecule has 2 aromatic rings. The van der Waals surface area contributed by atoms with Gasteiger partial charge in [-0.2, -0.15) is 0 Å². The van der Waals surface area contributed by atoms with Crippen LogP contribution in [-0.4, -0.2) is 8.42 Å². The third kappa shape index (κ3) is 3.48. The number of hydrogen-bond donors (Lipinski definition) is 2. The first-order valence-electron chi connectivity index (χ1n) is 5.74. The standard InChI is InChI=1S/C13H11BrClFN2O2S/c1-7-4-9(6-11(17)13(7)15)21(19,20)18-12-5-8(16)2-3-10(12)14/h2-6,18H,17H2,1H3. The SMILES string of the molecule is Cc1cc(S(=O)(=O)Nc2cc(F)ccc2Br)cc(N)c1Cl. The molecule has 0 fully saturated rings. The lowest BCUT2D eigenvalue weighted by atomic mass is 10.2. The summed E-state index contributed by atoms with van der Waals surface area (Å²) in [6.07, 6.45) is 0. The Morgan fingerprint density at radius 2 is 1.95 bits per heavy atom. The van der Waals surface area contributed by atoms with Crippen molar-refractivity contribution >= 4 is 48.9 Å². The van der Waals surface area contributed by atoms with Crippen LogP contribution in [-0.2, 0) is 10.0 Å². The second-order valence-electron chi connectivity index (χ2n) is 4.37. The van der Waals surface area contributed by atoms with E-state index in [1.165, 1.54) is 24.3 Å². The quantitative estimate of drug-likeness (QED) is 0.776. The molecule has 0 radical (unpaired) electrons. The minimum Gasteiger partial charge on any atom is -0.397 e. The molecular formula is C13H11BrClFN2O2S. The van der Waals surface area contributed by atoms with Crippen LogP contribution in [0.1, 0.15) is 5.56 Å². The van der Waals surface area contributed by atoms with E-state index in [-0.39, 0.29) is 16.3 Å². The molecule has 3 N–H and O–H groups in total. The Balaban J connectivity index is 2.46. The second-order valence-corrected chi connectivity index (χ2v) is 7.29. The number of halogens is 3. The molecule has 0 heterocycles. The van der Waals surface area contributed by atoms with Crippen molar-refractivity contribution in [3.63, 3.8) is 0 Å². The first kappa shape index (κ1) is 16.1. The molecule has 0 spiro atoms. The van der Waals surface area contributed by atoms with E-state index >= 15 is 0 Å². The van der Waals surface area contributed by atoms with Crippen molar-refractivity contribution in [2.24, 2.45) is 0 Å². The molecule has 2 rings (SSSR count). The number of aryl methyl sites for hydroxylation is 1. The van der Waals surface area contributed by atoms with Crippen LogP contribution in [0.4, 0.5) is 15.8 Å². The summed E-state index contributed by atoms with van der Waals surface area (Å²) < 4.78 is 40.6. The molecule has 0 bridgehead atoms. The summed E-state index contributed by atoms with van der Waals surface area (Å²) in [5.41, 5.74) is 6.47. The van der Waals surface area contributed by atoms with Gasteiger partial charge in [0.05, 0.1) is 21.3 Å². The van der Waals surface area contributed by atoms with Crippen LogP contribution in [0.15, 0.2) is 39.7 Å². The van der Waals surface area contributed by atoms with Gasteiger partial charge in [-0.25, -0.2) is 12.8 Å². The van der Waals surface area contributed by atoms with Crippen molar-refractivity contribution < 1.29 is 12.8 Å². The van der Waals surface area contributed by atoms with E-state index < -0.39 is 15.8 Å². The van der Waals surface area contributed by atoms with Crippen LogP contribution in [0.3, 0.4) is 0 Å². The minimum atomic E-state index is -3.90. The molecular weight excluding hydrogens is 383 g/mol. The Morgan fingerprint density at radius 3 is 2.57 bits per heavy atom. The molecule has 2 aromatic carbocycles. The molecule has 0 unspecified atom stereocenters. The number of benzene rings is 2. The molecule has 8 heteroatoms. The predicted molar refractivity (Wildman–Crippen MR) is 85.5 cm³/mol. The van der Waals surface area contributed by atoms with Gasteiger partial charge in [0.2, 0.25) is 0 Å². The van der Waals surface area contributed by atoms with Gasteiger partial charge in [0.25, 0.3) is 10.0 Å². The molecule has 0 aliphatic heterocycles. The van der Waals surface area contributed by atoms with E-state index in [0.29, 0.717) is 15.1 Å². The maximum absolute atomic E-state index is 13.2.